The molecular formula is C12H20N2O4S. The summed E-state index contributed by atoms with van der Waals surface area (Å²) in [5.74, 6) is -1.13. The number of thioether (sulfide) groups is 1. The molecule has 108 valence electrons. The predicted octanol–water partition coefficient (Wildman–Crippen LogP) is 0.368. The maximum Gasteiger partial charge on any atom is 0.327 e. The van der Waals surface area contributed by atoms with E-state index < -0.39 is 12.0 Å². The van der Waals surface area contributed by atoms with Gasteiger partial charge in [-0.2, -0.15) is 0 Å². The van der Waals surface area contributed by atoms with Gasteiger partial charge in [0.25, 0.3) is 0 Å². The first-order valence-electron chi connectivity index (χ1n) is 6.36. The number of hydrogen-bond donors (Lipinski definition) is 3. The summed E-state index contributed by atoms with van der Waals surface area (Å²) in [6.45, 7) is 1.27. The van der Waals surface area contributed by atoms with Gasteiger partial charge < -0.3 is 15.7 Å². The molecule has 0 aromatic heterocycles. The van der Waals surface area contributed by atoms with Gasteiger partial charge in [0.15, 0.2) is 0 Å². The molecule has 1 aliphatic rings. The highest BCUT2D eigenvalue weighted by Crippen LogP contribution is 2.17. The van der Waals surface area contributed by atoms with E-state index in [2.05, 4.69) is 10.6 Å². The number of amides is 2. The number of carboxylic acids is 1. The predicted molar refractivity (Wildman–Crippen MR) is 73.0 cm³/mol. The number of rotatable bonds is 7. The van der Waals surface area contributed by atoms with Gasteiger partial charge in [0.2, 0.25) is 11.8 Å². The van der Waals surface area contributed by atoms with Crippen LogP contribution in [0.25, 0.3) is 0 Å². The van der Waals surface area contributed by atoms with Crippen molar-refractivity contribution in [2.75, 3.05) is 11.5 Å². The van der Waals surface area contributed by atoms with Gasteiger partial charge in [-0.05, 0) is 12.8 Å². The van der Waals surface area contributed by atoms with Crippen LogP contribution in [0.4, 0.5) is 0 Å². The third kappa shape index (κ3) is 6.47. The summed E-state index contributed by atoms with van der Waals surface area (Å²) < 4.78 is 0. The number of carbonyl (C=O) groups excluding carboxylic acids is 2. The van der Waals surface area contributed by atoms with E-state index in [9.17, 15) is 14.4 Å². The van der Waals surface area contributed by atoms with Crippen LogP contribution in [0.5, 0.6) is 0 Å². The van der Waals surface area contributed by atoms with E-state index in [0.29, 0.717) is 0 Å². The zero-order valence-electron chi connectivity index (χ0n) is 11.0. The van der Waals surface area contributed by atoms with Crippen molar-refractivity contribution in [3.05, 3.63) is 0 Å². The Morgan fingerprint density at radius 2 is 1.95 bits per heavy atom. The molecule has 0 heterocycles. The van der Waals surface area contributed by atoms with E-state index in [0.717, 1.165) is 25.7 Å². The molecule has 0 aromatic carbocycles. The van der Waals surface area contributed by atoms with E-state index in [-0.39, 0.29) is 29.4 Å². The van der Waals surface area contributed by atoms with Crippen molar-refractivity contribution in [3.63, 3.8) is 0 Å². The molecule has 7 heteroatoms. The second kappa shape index (κ2) is 8.04. The zero-order valence-corrected chi connectivity index (χ0v) is 11.8. The second-order valence-electron chi connectivity index (χ2n) is 4.66. The molecule has 1 atom stereocenters. The molecule has 1 aliphatic carbocycles. The van der Waals surface area contributed by atoms with Gasteiger partial charge in [0, 0.05) is 18.7 Å². The summed E-state index contributed by atoms with van der Waals surface area (Å²) in [6.07, 6.45) is 4.36. The van der Waals surface area contributed by atoms with Crippen molar-refractivity contribution >= 4 is 29.5 Å². The molecule has 1 saturated carbocycles. The number of carbonyl (C=O) groups is 3. The zero-order chi connectivity index (χ0) is 14.3. The third-order valence-electron chi connectivity index (χ3n) is 2.91. The Morgan fingerprint density at radius 3 is 2.47 bits per heavy atom. The summed E-state index contributed by atoms with van der Waals surface area (Å²) >= 11 is 1.22. The summed E-state index contributed by atoms with van der Waals surface area (Å²) in [5, 5.41) is 14.2. The van der Waals surface area contributed by atoms with Crippen LogP contribution >= 0.6 is 11.8 Å². The molecule has 3 N–H and O–H groups in total. The largest absolute Gasteiger partial charge is 0.480 e. The molecule has 0 spiro atoms. The van der Waals surface area contributed by atoms with Crippen LogP contribution in [-0.2, 0) is 14.4 Å². The van der Waals surface area contributed by atoms with Crippen LogP contribution in [0.15, 0.2) is 0 Å². The Hall–Kier alpha value is -1.24. The smallest absolute Gasteiger partial charge is 0.327 e. The molecule has 0 radical (unpaired) electrons. The van der Waals surface area contributed by atoms with Gasteiger partial charge in [-0.1, -0.05) is 12.8 Å². The lowest BCUT2D eigenvalue weighted by molar-refractivity contribution is -0.140. The fourth-order valence-corrected chi connectivity index (χ4v) is 2.88. The lowest BCUT2D eigenvalue weighted by Gasteiger charge is -2.14. The molecule has 2 amide bonds. The minimum Gasteiger partial charge on any atom is -0.480 e. The molecule has 0 aliphatic heterocycles. The maximum atomic E-state index is 11.6. The van der Waals surface area contributed by atoms with Gasteiger partial charge >= 0.3 is 5.97 Å². The van der Waals surface area contributed by atoms with E-state index in [4.69, 9.17) is 5.11 Å². The molecule has 1 rings (SSSR count). The van der Waals surface area contributed by atoms with Gasteiger partial charge in [0.05, 0.1) is 5.75 Å². The number of aliphatic carboxylic acids is 1. The number of carboxylic acid groups (broad SMARTS) is 1. The van der Waals surface area contributed by atoms with Crippen molar-refractivity contribution in [2.45, 2.75) is 44.7 Å². The molecule has 0 saturated heterocycles. The normalized spacial score (nSPS) is 16.9. The lowest BCUT2D eigenvalue weighted by Crippen LogP contribution is -2.42. The van der Waals surface area contributed by atoms with Crippen LogP contribution in [0.1, 0.15) is 32.6 Å². The fourth-order valence-electron chi connectivity index (χ4n) is 2.03. The number of hydrogen-bond acceptors (Lipinski definition) is 4. The highest BCUT2D eigenvalue weighted by atomic mass is 32.2. The van der Waals surface area contributed by atoms with E-state index in [1.807, 2.05) is 0 Å². The first-order chi connectivity index (χ1) is 8.99. The third-order valence-corrected chi connectivity index (χ3v) is 3.95. The van der Waals surface area contributed by atoms with Crippen LogP contribution in [0, 0.1) is 0 Å². The Bertz CT molecular complexity index is 343. The Balaban J connectivity index is 2.21. The highest BCUT2D eigenvalue weighted by molar-refractivity contribution is 8.00. The standard InChI is InChI=1S/C12H20N2O4S/c1-8(15)13-10(12(17)18)6-19-7-11(16)14-9-4-2-3-5-9/h9-10H,2-7H2,1H3,(H,13,15)(H,14,16)(H,17,18)/t10-/m0/s1. The van der Waals surface area contributed by atoms with E-state index in [1.165, 1.54) is 18.7 Å². The van der Waals surface area contributed by atoms with E-state index >= 15 is 0 Å². The Morgan fingerprint density at radius 1 is 1.32 bits per heavy atom. The van der Waals surface area contributed by atoms with E-state index in [1.54, 1.807) is 0 Å². The minimum absolute atomic E-state index is 0.0659. The van der Waals surface area contributed by atoms with Crippen molar-refractivity contribution in [1.29, 1.82) is 0 Å². The Labute approximate surface area is 116 Å². The topological polar surface area (TPSA) is 95.5 Å². The van der Waals surface area contributed by atoms with Crippen LogP contribution in [0.2, 0.25) is 0 Å². The summed E-state index contributed by atoms with van der Waals surface area (Å²) in [4.78, 5) is 33.3. The second-order valence-corrected chi connectivity index (χ2v) is 5.69. The summed E-state index contributed by atoms with van der Waals surface area (Å²) in [7, 11) is 0. The van der Waals surface area contributed by atoms with Crippen molar-refractivity contribution in [3.8, 4) is 0 Å². The highest BCUT2D eigenvalue weighted by Gasteiger charge is 2.20. The van der Waals surface area contributed by atoms with Crippen LogP contribution < -0.4 is 10.6 Å². The number of nitrogens with one attached hydrogen (secondary N) is 2. The fraction of sp³-hybridized carbons (Fsp3) is 0.750. The molecule has 0 aromatic rings. The molecule has 0 bridgehead atoms. The molecule has 19 heavy (non-hydrogen) atoms. The van der Waals surface area contributed by atoms with Gasteiger partial charge in [-0.25, -0.2) is 4.79 Å². The molecular weight excluding hydrogens is 268 g/mol. The van der Waals surface area contributed by atoms with Crippen molar-refractivity contribution < 1.29 is 19.5 Å². The maximum absolute atomic E-state index is 11.6. The van der Waals surface area contributed by atoms with Crippen LogP contribution in [0.3, 0.4) is 0 Å². The van der Waals surface area contributed by atoms with Crippen molar-refractivity contribution in [1.82, 2.24) is 10.6 Å². The minimum atomic E-state index is -1.08. The average molecular weight is 288 g/mol. The van der Waals surface area contributed by atoms with Crippen molar-refractivity contribution in [2.24, 2.45) is 0 Å². The molecule has 6 nitrogen and oxygen atoms in total. The lowest BCUT2D eigenvalue weighted by atomic mass is 10.2. The average Bonchev–Trinajstić information content (AvgIpc) is 2.79. The molecule has 0 unspecified atom stereocenters. The van der Waals surface area contributed by atoms with Crippen LogP contribution in [-0.4, -0.2) is 46.5 Å². The summed E-state index contributed by atoms with van der Waals surface area (Å²) in [5.41, 5.74) is 0. The monoisotopic (exact) mass is 288 g/mol. The summed E-state index contributed by atoms with van der Waals surface area (Å²) in [6, 6.07) is -0.666. The first kappa shape index (κ1) is 15.8. The van der Waals surface area contributed by atoms with Gasteiger partial charge in [0.1, 0.15) is 6.04 Å². The van der Waals surface area contributed by atoms with Gasteiger partial charge in [-0.15, -0.1) is 11.8 Å². The SMILES string of the molecule is CC(=O)N[C@@H](CSCC(=O)NC1CCCC1)C(=O)O. The first-order valence-corrected chi connectivity index (χ1v) is 7.51. The van der Waals surface area contributed by atoms with Gasteiger partial charge in [-0.3, -0.25) is 9.59 Å². The Kier molecular flexibility index (Phi) is 6.69. The molecule has 1 fully saturated rings. The quantitative estimate of drug-likeness (QED) is 0.629.